The van der Waals surface area contributed by atoms with E-state index in [9.17, 15) is 4.79 Å². The predicted octanol–water partition coefficient (Wildman–Crippen LogP) is 1.91. The third-order valence-electron chi connectivity index (χ3n) is 4.20. The number of ether oxygens (including phenoxy) is 3. The van der Waals surface area contributed by atoms with Gasteiger partial charge in [-0.3, -0.25) is 4.79 Å². The van der Waals surface area contributed by atoms with Gasteiger partial charge in [-0.2, -0.15) is 9.90 Å². The first-order valence-electron chi connectivity index (χ1n) is 9.02. The number of nitrogens with one attached hydrogen (secondary N) is 1. The zero-order valence-corrected chi connectivity index (χ0v) is 17.1. The number of amides is 1. The molecule has 0 bridgehead atoms. The van der Waals surface area contributed by atoms with E-state index in [1.807, 2.05) is 30.3 Å². The highest BCUT2D eigenvalue weighted by Crippen LogP contribution is 2.38. The van der Waals surface area contributed by atoms with Crippen molar-refractivity contribution in [2.45, 2.75) is 13.5 Å². The molecule has 1 amide bonds. The second-order valence-corrected chi connectivity index (χ2v) is 6.16. The molecule has 30 heavy (non-hydrogen) atoms. The molecule has 0 fully saturated rings. The summed E-state index contributed by atoms with van der Waals surface area (Å²) in [7, 11) is 4.59. The van der Waals surface area contributed by atoms with Crippen LogP contribution in [-0.2, 0) is 11.3 Å². The fourth-order valence-corrected chi connectivity index (χ4v) is 2.68. The number of hydrazone groups is 1. The maximum absolute atomic E-state index is 12.2. The Morgan fingerprint density at radius 3 is 2.33 bits per heavy atom. The van der Waals surface area contributed by atoms with E-state index in [0.717, 1.165) is 5.56 Å². The van der Waals surface area contributed by atoms with E-state index < -0.39 is 0 Å². The lowest BCUT2D eigenvalue weighted by atomic mass is 10.1. The number of rotatable bonds is 8. The number of methoxy groups -OCH3 is 3. The van der Waals surface area contributed by atoms with E-state index in [0.29, 0.717) is 34.3 Å². The van der Waals surface area contributed by atoms with Crippen LogP contribution in [0.25, 0.3) is 11.4 Å². The fraction of sp³-hybridized carbons (Fsp3) is 0.250. The summed E-state index contributed by atoms with van der Waals surface area (Å²) in [5, 5.41) is 16.2. The Morgan fingerprint density at radius 1 is 1.07 bits per heavy atom. The number of hydrogen-bond donors (Lipinski definition) is 1. The molecule has 10 nitrogen and oxygen atoms in total. The molecule has 0 aliphatic carbocycles. The van der Waals surface area contributed by atoms with Crippen LogP contribution in [0.4, 0.5) is 0 Å². The van der Waals surface area contributed by atoms with Gasteiger partial charge in [0.25, 0.3) is 5.91 Å². The molecule has 0 saturated heterocycles. The van der Waals surface area contributed by atoms with Gasteiger partial charge in [0.15, 0.2) is 11.5 Å². The molecule has 3 aromatic rings. The molecule has 0 spiro atoms. The molecule has 0 unspecified atom stereocenters. The highest BCUT2D eigenvalue weighted by molar-refractivity contribution is 6.00. The van der Waals surface area contributed by atoms with E-state index >= 15 is 0 Å². The van der Waals surface area contributed by atoms with Crippen LogP contribution in [0.1, 0.15) is 12.5 Å². The number of aromatic nitrogens is 4. The van der Waals surface area contributed by atoms with Crippen LogP contribution < -0.4 is 19.6 Å². The van der Waals surface area contributed by atoms with Crippen LogP contribution in [-0.4, -0.2) is 53.2 Å². The molecule has 0 aliphatic heterocycles. The smallest absolute Gasteiger partial charge is 0.263 e. The zero-order valence-electron chi connectivity index (χ0n) is 17.1. The maximum Gasteiger partial charge on any atom is 0.263 e. The second-order valence-electron chi connectivity index (χ2n) is 6.16. The number of benzene rings is 2. The number of hydrogen-bond acceptors (Lipinski definition) is 8. The lowest BCUT2D eigenvalue weighted by Gasteiger charge is -2.14. The average molecular weight is 410 g/mol. The van der Waals surface area contributed by atoms with Gasteiger partial charge in [-0.1, -0.05) is 30.3 Å². The van der Waals surface area contributed by atoms with E-state index in [4.69, 9.17) is 14.2 Å². The normalized spacial score (nSPS) is 11.1. The largest absolute Gasteiger partial charge is 0.493 e. The molecular formula is C20H22N6O4. The summed E-state index contributed by atoms with van der Waals surface area (Å²) >= 11 is 0. The highest BCUT2D eigenvalue weighted by atomic mass is 16.5. The van der Waals surface area contributed by atoms with Gasteiger partial charge in [0, 0.05) is 11.1 Å². The van der Waals surface area contributed by atoms with E-state index in [1.54, 1.807) is 19.1 Å². The topological polar surface area (TPSA) is 113 Å². The molecule has 0 saturated carbocycles. The molecule has 3 rings (SSSR count). The van der Waals surface area contributed by atoms with Crippen molar-refractivity contribution in [1.29, 1.82) is 0 Å². The molecule has 0 radical (unpaired) electrons. The van der Waals surface area contributed by atoms with Gasteiger partial charge in [0.05, 0.1) is 27.0 Å². The summed E-state index contributed by atoms with van der Waals surface area (Å²) in [5.41, 5.74) is 4.57. The van der Waals surface area contributed by atoms with Crippen LogP contribution in [0.2, 0.25) is 0 Å². The number of carbonyl (C=O) groups excluding carboxylic acids is 1. The molecule has 1 aromatic heterocycles. The Balaban J connectivity index is 1.68. The fourth-order valence-electron chi connectivity index (χ4n) is 2.68. The molecular weight excluding hydrogens is 388 g/mol. The Kier molecular flexibility index (Phi) is 6.58. The third kappa shape index (κ3) is 4.72. The lowest BCUT2D eigenvalue weighted by molar-refractivity contribution is -0.122. The molecule has 1 N–H and O–H groups in total. The van der Waals surface area contributed by atoms with Gasteiger partial charge < -0.3 is 14.2 Å². The van der Waals surface area contributed by atoms with Crippen LogP contribution in [0.3, 0.4) is 0 Å². The van der Waals surface area contributed by atoms with Gasteiger partial charge in [-0.05, 0) is 24.3 Å². The standard InChI is InChI=1S/C20H22N6O4/c1-13(15-10-16(28-2)19(30-4)17(11-15)29-3)21-22-18(27)12-26-24-20(23-25-26)14-8-6-5-7-9-14/h5-11H,12H2,1-4H3,(H,22,27)/b21-13+. The van der Waals surface area contributed by atoms with E-state index in [2.05, 4.69) is 25.9 Å². The van der Waals surface area contributed by atoms with Crippen LogP contribution in [0.15, 0.2) is 47.6 Å². The SMILES string of the molecule is COc1cc(/C(C)=N/NC(=O)Cn2nnc(-c3ccccc3)n2)cc(OC)c1OC. The second kappa shape index (κ2) is 9.50. The van der Waals surface area contributed by atoms with Crippen LogP contribution in [0, 0.1) is 0 Å². The van der Waals surface area contributed by atoms with Gasteiger partial charge >= 0.3 is 0 Å². The first kappa shape index (κ1) is 20.8. The average Bonchev–Trinajstić information content (AvgIpc) is 3.25. The maximum atomic E-state index is 12.2. The van der Waals surface area contributed by atoms with Crippen molar-refractivity contribution in [3.05, 3.63) is 48.0 Å². The van der Waals surface area contributed by atoms with Gasteiger partial charge in [-0.15, -0.1) is 10.2 Å². The first-order chi connectivity index (χ1) is 14.5. The van der Waals surface area contributed by atoms with Crippen molar-refractivity contribution < 1.29 is 19.0 Å². The molecule has 0 atom stereocenters. The number of carbonyl (C=O) groups is 1. The summed E-state index contributed by atoms with van der Waals surface area (Å²) in [6, 6.07) is 12.9. The summed E-state index contributed by atoms with van der Waals surface area (Å²) in [6.45, 7) is 1.63. The first-order valence-corrected chi connectivity index (χ1v) is 9.02. The molecule has 2 aromatic carbocycles. The molecule has 1 heterocycles. The van der Waals surface area contributed by atoms with Crippen LogP contribution in [0.5, 0.6) is 17.2 Å². The van der Waals surface area contributed by atoms with Gasteiger partial charge in [0.1, 0.15) is 6.54 Å². The molecule has 156 valence electrons. The van der Waals surface area contributed by atoms with Crippen LogP contribution >= 0.6 is 0 Å². The molecule has 10 heteroatoms. The minimum absolute atomic E-state index is 0.119. The summed E-state index contributed by atoms with van der Waals surface area (Å²) < 4.78 is 16.0. The Bertz CT molecular complexity index is 1020. The van der Waals surface area contributed by atoms with Crippen molar-refractivity contribution in [2.24, 2.45) is 5.10 Å². The monoisotopic (exact) mass is 410 g/mol. The number of tetrazole rings is 1. The van der Waals surface area contributed by atoms with Crippen molar-refractivity contribution >= 4 is 11.6 Å². The Labute approximate surface area is 173 Å². The summed E-state index contributed by atoms with van der Waals surface area (Å²) in [4.78, 5) is 13.4. The van der Waals surface area contributed by atoms with Crippen molar-refractivity contribution in [1.82, 2.24) is 25.6 Å². The van der Waals surface area contributed by atoms with E-state index in [1.165, 1.54) is 26.1 Å². The van der Waals surface area contributed by atoms with E-state index in [-0.39, 0.29) is 12.5 Å². The van der Waals surface area contributed by atoms with Gasteiger partial charge in [0.2, 0.25) is 11.6 Å². The quantitative estimate of drug-likeness (QED) is 0.446. The van der Waals surface area contributed by atoms with Gasteiger partial charge in [-0.25, -0.2) is 5.43 Å². The van der Waals surface area contributed by atoms with Crippen molar-refractivity contribution in [3.8, 4) is 28.6 Å². The minimum Gasteiger partial charge on any atom is -0.493 e. The Morgan fingerprint density at radius 2 is 1.73 bits per heavy atom. The predicted molar refractivity (Wildman–Crippen MR) is 110 cm³/mol. The van der Waals surface area contributed by atoms with Crippen molar-refractivity contribution in [2.75, 3.05) is 21.3 Å². The van der Waals surface area contributed by atoms with Crippen molar-refractivity contribution in [3.63, 3.8) is 0 Å². The zero-order chi connectivity index (χ0) is 21.5. The summed E-state index contributed by atoms with van der Waals surface area (Å²) in [5.74, 6) is 1.52. The third-order valence-corrected chi connectivity index (χ3v) is 4.20. The number of nitrogens with zero attached hydrogens (tertiary/aromatic N) is 5. The molecule has 0 aliphatic rings. The lowest BCUT2D eigenvalue weighted by Crippen LogP contribution is -2.25. The highest BCUT2D eigenvalue weighted by Gasteiger charge is 2.15. The minimum atomic E-state index is -0.390. The summed E-state index contributed by atoms with van der Waals surface area (Å²) in [6.07, 6.45) is 0. The Hall–Kier alpha value is -3.95.